The molecule has 1 atom stereocenters. The molecule has 1 amide bonds. The molecule has 0 unspecified atom stereocenters. The lowest BCUT2D eigenvalue weighted by Gasteiger charge is -2.12. The summed E-state index contributed by atoms with van der Waals surface area (Å²) in [6.45, 7) is 0. The van der Waals surface area contributed by atoms with E-state index in [1.54, 1.807) is 24.0 Å². The van der Waals surface area contributed by atoms with Crippen LogP contribution < -0.4 is 11.1 Å². The van der Waals surface area contributed by atoms with Crippen molar-refractivity contribution in [3.05, 3.63) is 21.9 Å². The van der Waals surface area contributed by atoms with Gasteiger partial charge in [0, 0.05) is 10.7 Å². The van der Waals surface area contributed by atoms with Gasteiger partial charge in [-0.05, 0) is 40.4 Å². The first-order valence-electron chi connectivity index (χ1n) is 4.91. The van der Waals surface area contributed by atoms with Crippen molar-refractivity contribution in [3.63, 3.8) is 0 Å². The van der Waals surface area contributed by atoms with E-state index in [9.17, 15) is 4.79 Å². The van der Waals surface area contributed by atoms with Crippen LogP contribution in [0.25, 0.3) is 0 Å². The molecule has 0 saturated heterocycles. The maximum absolute atomic E-state index is 11.7. The summed E-state index contributed by atoms with van der Waals surface area (Å²) in [5, 5.41) is 2.91. The number of pyridine rings is 1. The van der Waals surface area contributed by atoms with E-state index in [0.717, 1.165) is 10.2 Å². The van der Waals surface area contributed by atoms with Gasteiger partial charge in [0.05, 0.1) is 11.7 Å². The monoisotopic (exact) mass is 337 g/mol. The van der Waals surface area contributed by atoms with Gasteiger partial charge in [-0.15, -0.1) is 0 Å². The highest BCUT2D eigenvalue weighted by atomic mass is 79.9. The number of carbonyl (C=O) groups is 1. The van der Waals surface area contributed by atoms with Crippen LogP contribution in [0.2, 0.25) is 5.15 Å². The van der Waals surface area contributed by atoms with Gasteiger partial charge in [-0.25, -0.2) is 4.98 Å². The van der Waals surface area contributed by atoms with E-state index in [0.29, 0.717) is 12.1 Å². The second-order valence-corrected chi connectivity index (χ2v) is 5.63. The highest BCUT2D eigenvalue weighted by Crippen LogP contribution is 2.23. The molecule has 0 aliphatic rings. The fourth-order valence-electron chi connectivity index (χ4n) is 1.11. The number of carbonyl (C=O) groups excluding carboxylic acids is 1. The number of nitrogens with zero attached hydrogens (tertiary/aromatic N) is 1. The van der Waals surface area contributed by atoms with Crippen LogP contribution in [0.1, 0.15) is 6.42 Å². The lowest BCUT2D eigenvalue weighted by molar-refractivity contribution is -0.117. The molecule has 0 fully saturated rings. The van der Waals surface area contributed by atoms with E-state index in [-0.39, 0.29) is 11.1 Å². The minimum absolute atomic E-state index is 0.249. The summed E-state index contributed by atoms with van der Waals surface area (Å²) < 4.78 is 0.745. The topological polar surface area (TPSA) is 68.0 Å². The zero-order valence-electron chi connectivity index (χ0n) is 9.24. The van der Waals surface area contributed by atoms with Crippen molar-refractivity contribution in [2.45, 2.75) is 12.5 Å². The molecule has 0 aromatic carbocycles. The molecule has 1 rings (SSSR count). The summed E-state index contributed by atoms with van der Waals surface area (Å²) >= 11 is 10.8. The average Bonchev–Trinajstić information content (AvgIpc) is 2.30. The van der Waals surface area contributed by atoms with Crippen molar-refractivity contribution < 1.29 is 4.79 Å². The highest BCUT2D eigenvalue weighted by molar-refractivity contribution is 9.10. The lowest BCUT2D eigenvalue weighted by atomic mass is 10.2. The van der Waals surface area contributed by atoms with Gasteiger partial charge >= 0.3 is 0 Å². The largest absolute Gasteiger partial charge is 0.322 e. The number of nitrogens with two attached hydrogens (primary N) is 1. The van der Waals surface area contributed by atoms with Crippen molar-refractivity contribution in [1.82, 2.24) is 4.98 Å². The maximum atomic E-state index is 11.7. The van der Waals surface area contributed by atoms with Gasteiger partial charge in [0.1, 0.15) is 0 Å². The molecule has 1 heterocycles. The number of hydrogen-bond donors (Lipinski definition) is 2. The Morgan fingerprint density at radius 2 is 2.47 bits per heavy atom. The molecule has 94 valence electrons. The Balaban J connectivity index is 2.64. The van der Waals surface area contributed by atoms with Crippen LogP contribution in [0.3, 0.4) is 0 Å². The fraction of sp³-hybridized carbons (Fsp3) is 0.400. The van der Waals surface area contributed by atoms with Crippen LogP contribution in [0.5, 0.6) is 0 Å². The summed E-state index contributed by atoms with van der Waals surface area (Å²) in [4.78, 5) is 15.6. The third-order valence-corrected chi connectivity index (χ3v) is 3.41. The molecule has 4 nitrogen and oxygen atoms in total. The van der Waals surface area contributed by atoms with E-state index >= 15 is 0 Å². The van der Waals surface area contributed by atoms with Gasteiger partial charge in [-0.2, -0.15) is 11.8 Å². The van der Waals surface area contributed by atoms with Gasteiger partial charge < -0.3 is 11.1 Å². The zero-order valence-corrected chi connectivity index (χ0v) is 12.4. The first-order valence-corrected chi connectivity index (χ1v) is 7.47. The van der Waals surface area contributed by atoms with Crippen LogP contribution in [-0.2, 0) is 4.79 Å². The van der Waals surface area contributed by atoms with E-state index in [2.05, 4.69) is 26.2 Å². The Morgan fingerprint density at radius 1 is 1.76 bits per heavy atom. The van der Waals surface area contributed by atoms with Gasteiger partial charge in [-0.3, -0.25) is 4.79 Å². The minimum Gasteiger partial charge on any atom is -0.322 e. The molecule has 0 saturated carbocycles. The SMILES string of the molecule is CSCC[C@H](N)C(=O)Nc1cc(Br)cnc1Cl. The third kappa shape index (κ3) is 4.83. The fourth-order valence-corrected chi connectivity index (χ4v) is 2.08. The molecule has 17 heavy (non-hydrogen) atoms. The standard InChI is InChI=1S/C10H13BrClN3OS/c1-17-3-2-7(13)10(16)15-8-4-6(11)5-14-9(8)12/h4-5,7H,2-3,13H2,1H3,(H,15,16)/t7-/m0/s1. The minimum atomic E-state index is -0.530. The van der Waals surface area contributed by atoms with Crippen LogP contribution in [0.4, 0.5) is 5.69 Å². The van der Waals surface area contributed by atoms with Crippen molar-refractivity contribution in [3.8, 4) is 0 Å². The predicted molar refractivity (Wildman–Crippen MR) is 76.6 cm³/mol. The Hall–Kier alpha value is -0.300. The van der Waals surface area contributed by atoms with Gasteiger partial charge in [-0.1, -0.05) is 11.6 Å². The third-order valence-electron chi connectivity index (χ3n) is 2.03. The first-order chi connectivity index (χ1) is 8.04. The molecule has 1 aromatic heterocycles. The van der Waals surface area contributed by atoms with Crippen LogP contribution in [0.15, 0.2) is 16.7 Å². The van der Waals surface area contributed by atoms with E-state index in [4.69, 9.17) is 17.3 Å². The predicted octanol–water partition coefficient (Wildman–Crippen LogP) is 2.52. The molecule has 7 heteroatoms. The normalized spacial score (nSPS) is 12.2. The molecule has 0 bridgehead atoms. The Kier molecular flexibility index (Phi) is 6.26. The molecular weight excluding hydrogens is 326 g/mol. The number of rotatable bonds is 5. The number of thioether (sulfide) groups is 1. The summed E-state index contributed by atoms with van der Waals surface area (Å²) in [7, 11) is 0. The van der Waals surface area contributed by atoms with Crippen molar-refractivity contribution in [2.24, 2.45) is 5.73 Å². The van der Waals surface area contributed by atoms with E-state index in [1.807, 2.05) is 6.26 Å². The molecule has 0 aliphatic heterocycles. The van der Waals surface area contributed by atoms with Crippen molar-refractivity contribution in [1.29, 1.82) is 0 Å². The molecular formula is C10H13BrClN3OS. The number of nitrogens with one attached hydrogen (secondary N) is 1. The Labute approximate surface area is 118 Å². The maximum Gasteiger partial charge on any atom is 0.241 e. The van der Waals surface area contributed by atoms with Crippen LogP contribution in [-0.4, -0.2) is 28.9 Å². The highest BCUT2D eigenvalue weighted by Gasteiger charge is 2.14. The van der Waals surface area contributed by atoms with Crippen molar-refractivity contribution >= 4 is 50.9 Å². The molecule has 3 N–H and O–H groups in total. The molecule has 0 spiro atoms. The number of hydrogen-bond acceptors (Lipinski definition) is 4. The van der Waals surface area contributed by atoms with E-state index < -0.39 is 6.04 Å². The van der Waals surface area contributed by atoms with Gasteiger partial charge in [0.25, 0.3) is 0 Å². The van der Waals surface area contributed by atoms with Gasteiger partial charge in [0.2, 0.25) is 5.91 Å². The van der Waals surface area contributed by atoms with Gasteiger partial charge in [0.15, 0.2) is 5.15 Å². The average molecular weight is 339 g/mol. The Bertz CT molecular complexity index is 405. The number of amides is 1. The first kappa shape index (κ1) is 14.8. The quantitative estimate of drug-likeness (QED) is 0.810. The molecule has 0 radical (unpaired) electrons. The molecule has 0 aliphatic carbocycles. The zero-order chi connectivity index (χ0) is 12.8. The summed E-state index contributed by atoms with van der Waals surface area (Å²) in [6.07, 6.45) is 4.16. The number of halogens is 2. The summed E-state index contributed by atoms with van der Waals surface area (Å²) in [5.41, 5.74) is 6.20. The molecule has 1 aromatic rings. The van der Waals surface area contributed by atoms with Crippen LogP contribution >= 0.6 is 39.3 Å². The van der Waals surface area contributed by atoms with Crippen LogP contribution in [0, 0.1) is 0 Å². The van der Waals surface area contributed by atoms with Crippen molar-refractivity contribution in [2.75, 3.05) is 17.3 Å². The second kappa shape index (κ2) is 7.20. The second-order valence-electron chi connectivity index (χ2n) is 3.37. The number of aromatic nitrogens is 1. The van der Waals surface area contributed by atoms with E-state index in [1.165, 1.54) is 0 Å². The Morgan fingerprint density at radius 3 is 3.12 bits per heavy atom. The summed E-state index contributed by atoms with van der Waals surface area (Å²) in [6, 6.07) is 1.16. The number of anilines is 1. The summed E-state index contributed by atoms with van der Waals surface area (Å²) in [5.74, 6) is 0.597. The smallest absolute Gasteiger partial charge is 0.241 e. The lowest BCUT2D eigenvalue weighted by Crippen LogP contribution is -2.36.